The van der Waals surface area contributed by atoms with Crippen molar-refractivity contribution in [1.29, 1.82) is 0 Å². The Balaban J connectivity index is 3.27. The van der Waals surface area contributed by atoms with Crippen LogP contribution in [0, 0.1) is 0 Å². The number of nitrogens with zero attached hydrogens (tertiary/aromatic N) is 3. The fourth-order valence-corrected chi connectivity index (χ4v) is 2.92. The SMILES string of the molecule is C/C=C\C/C=C(\C1=C(NCC/C=C\C)C=CCCC1)N(/N=N\C)C(C)C. The minimum Gasteiger partial charge on any atom is -0.384 e. The molecule has 0 unspecified atom stereocenters. The van der Waals surface area contributed by atoms with Crippen molar-refractivity contribution in [3.05, 3.63) is 59.5 Å². The van der Waals surface area contributed by atoms with Gasteiger partial charge in [-0.25, -0.2) is 5.01 Å². The van der Waals surface area contributed by atoms with Crippen LogP contribution < -0.4 is 5.32 Å². The van der Waals surface area contributed by atoms with Crippen LogP contribution in [0.3, 0.4) is 0 Å². The Morgan fingerprint density at radius 1 is 1.27 bits per heavy atom. The van der Waals surface area contributed by atoms with Crippen molar-refractivity contribution in [2.75, 3.05) is 13.6 Å². The van der Waals surface area contributed by atoms with Gasteiger partial charge in [0.25, 0.3) is 0 Å². The van der Waals surface area contributed by atoms with Gasteiger partial charge in [-0.2, -0.15) is 5.11 Å². The maximum absolute atomic E-state index is 4.42. The molecular weight excluding hydrogens is 320 g/mol. The van der Waals surface area contributed by atoms with Crippen molar-refractivity contribution in [2.24, 2.45) is 10.3 Å². The molecule has 0 aromatic rings. The Hall–Kier alpha value is -2.10. The van der Waals surface area contributed by atoms with Crippen LogP contribution in [0.1, 0.15) is 59.8 Å². The highest BCUT2D eigenvalue weighted by atomic mass is 15.6. The molecule has 1 N–H and O–H groups in total. The molecule has 0 spiro atoms. The van der Waals surface area contributed by atoms with E-state index in [0.717, 1.165) is 38.6 Å². The van der Waals surface area contributed by atoms with E-state index in [0.29, 0.717) is 0 Å². The van der Waals surface area contributed by atoms with E-state index in [-0.39, 0.29) is 6.04 Å². The van der Waals surface area contributed by atoms with E-state index in [1.165, 1.54) is 17.0 Å². The lowest BCUT2D eigenvalue weighted by atomic mass is 10.0. The summed E-state index contributed by atoms with van der Waals surface area (Å²) in [5, 5.41) is 14.2. The third kappa shape index (κ3) is 7.42. The third-order valence-electron chi connectivity index (χ3n) is 4.18. The predicted octanol–water partition coefficient (Wildman–Crippen LogP) is 6.09. The zero-order chi connectivity index (χ0) is 19.2. The molecule has 26 heavy (non-hydrogen) atoms. The number of nitrogens with one attached hydrogen (secondary N) is 1. The van der Waals surface area contributed by atoms with Crippen molar-refractivity contribution in [2.45, 2.75) is 65.8 Å². The molecule has 1 aliphatic carbocycles. The molecule has 4 heteroatoms. The molecule has 0 aliphatic heterocycles. The second kappa shape index (κ2) is 13.2. The molecule has 0 saturated carbocycles. The summed E-state index contributed by atoms with van der Waals surface area (Å²) < 4.78 is 0. The smallest absolute Gasteiger partial charge is 0.0629 e. The minimum absolute atomic E-state index is 0.250. The van der Waals surface area contributed by atoms with Gasteiger partial charge in [-0.3, -0.25) is 0 Å². The lowest BCUT2D eigenvalue weighted by Crippen LogP contribution is -2.27. The van der Waals surface area contributed by atoms with Crippen molar-refractivity contribution in [3.8, 4) is 0 Å². The Kier molecular flexibility index (Phi) is 11.1. The monoisotopic (exact) mass is 356 g/mol. The van der Waals surface area contributed by atoms with Crippen molar-refractivity contribution in [3.63, 3.8) is 0 Å². The summed E-state index contributed by atoms with van der Waals surface area (Å²) in [6.07, 6.45) is 20.6. The topological polar surface area (TPSA) is 40.0 Å². The average Bonchev–Trinajstić information content (AvgIpc) is 2.86. The largest absolute Gasteiger partial charge is 0.384 e. The van der Waals surface area contributed by atoms with Gasteiger partial charge in [0.15, 0.2) is 0 Å². The molecule has 0 aromatic carbocycles. The zero-order valence-electron chi connectivity index (χ0n) is 17.2. The van der Waals surface area contributed by atoms with Gasteiger partial charge in [-0.15, -0.1) is 0 Å². The molecule has 0 heterocycles. The maximum atomic E-state index is 4.42. The van der Waals surface area contributed by atoms with Crippen LogP contribution in [0.15, 0.2) is 69.8 Å². The zero-order valence-corrected chi connectivity index (χ0v) is 17.2. The Labute approximate surface area is 160 Å². The van der Waals surface area contributed by atoms with Crippen molar-refractivity contribution < 1.29 is 0 Å². The molecule has 0 bridgehead atoms. The van der Waals surface area contributed by atoms with E-state index in [2.05, 4.69) is 85.9 Å². The van der Waals surface area contributed by atoms with Crippen molar-refractivity contribution in [1.82, 2.24) is 10.3 Å². The maximum Gasteiger partial charge on any atom is 0.0629 e. The first-order chi connectivity index (χ1) is 12.7. The van der Waals surface area contributed by atoms with Gasteiger partial charge in [0, 0.05) is 23.9 Å². The second-order valence-electron chi connectivity index (χ2n) is 6.59. The quantitative estimate of drug-likeness (QED) is 0.222. The molecule has 0 aromatic heterocycles. The Morgan fingerprint density at radius 3 is 2.69 bits per heavy atom. The highest BCUT2D eigenvalue weighted by molar-refractivity contribution is 5.40. The van der Waals surface area contributed by atoms with E-state index in [9.17, 15) is 0 Å². The highest BCUT2D eigenvalue weighted by Crippen LogP contribution is 2.29. The van der Waals surface area contributed by atoms with Gasteiger partial charge in [-0.1, -0.05) is 41.7 Å². The second-order valence-corrected chi connectivity index (χ2v) is 6.59. The molecule has 1 aliphatic rings. The standard InChI is InChI=1S/C22H36N4/c1-6-8-11-17-22(26(19(3)4)25-23-5)20-15-12-10-13-16-21(20)24-18-14-9-7-2/h6-9,13,16-17,19,24H,10-12,14-15,18H2,1-5H3/b8-6-,9-7-,22-17+,25-23-. The lowest BCUT2D eigenvalue weighted by molar-refractivity contribution is 0.280. The fourth-order valence-electron chi connectivity index (χ4n) is 2.92. The summed E-state index contributed by atoms with van der Waals surface area (Å²) in [4.78, 5) is 0. The van der Waals surface area contributed by atoms with E-state index in [1.807, 2.05) is 5.01 Å². The van der Waals surface area contributed by atoms with Crippen LogP contribution in [0.5, 0.6) is 0 Å². The summed E-state index contributed by atoms with van der Waals surface area (Å²) >= 11 is 0. The van der Waals surface area contributed by atoms with Crippen LogP contribution in [0.2, 0.25) is 0 Å². The summed E-state index contributed by atoms with van der Waals surface area (Å²) in [7, 11) is 1.73. The van der Waals surface area contributed by atoms with Crippen LogP contribution in [-0.4, -0.2) is 24.6 Å². The van der Waals surface area contributed by atoms with Gasteiger partial charge >= 0.3 is 0 Å². The van der Waals surface area contributed by atoms with Crippen LogP contribution in [0.25, 0.3) is 0 Å². The normalized spacial score (nSPS) is 16.5. The predicted molar refractivity (Wildman–Crippen MR) is 113 cm³/mol. The summed E-state index contributed by atoms with van der Waals surface area (Å²) in [5.74, 6) is 0. The lowest BCUT2D eigenvalue weighted by Gasteiger charge is -2.28. The van der Waals surface area contributed by atoms with Gasteiger partial charge in [0.05, 0.1) is 12.7 Å². The molecule has 0 fully saturated rings. The van der Waals surface area contributed by atoms with Gasteiger partial charge in [0.2, 0.25) is 0 Å². The molecule has 0 radical (unpaired) electrons. The fraction of sp³-hybridized carbons (Fsp3) is 0.545. The van der Waals surface area contributed by atoms with Gasteiger partial charge < -0.3 is 5.32 Å². The first kappa shape index (κ1) is 21.9. The van der Waals surface area contributed by atoms with Crippen molar-refractivity contribution >= 4 is 0 Å². The van der Waals surface area contributed by atoms with Gasteiger partial charge in [0.1, 0.15) is 0 Å². The molecule has 1 rings (SSSR count). The van der Waals surface area contributed by atoms with Crippen LogP contribution >= 0.6 is 0 Å². The Bertz CT molecular complexity index is 577. The molecule has 0 amide bonds. The highest BCUT2D eigenvalue weighted by Gasteiger charge is 2.20. The number of hydrogen-bond acceptors (Lipinski definition) is 3. The summed E-state index contributed by atoms with van der Waals surface area (Å²) in [5.41, 5.74) is 3.73. The molecule has 144 valence electrons. The van der Waals surface area contributed by atoms with E-state index in [1.54, 1.807) is 7.05 Å². The third-order valence-corrected chi connectivity index (χ3v) is 4.18. The molecular formula is C22H36N4. The average molecular weight is 357 g/mol. The Morgan fingerprint density at radius 2 is 2.04 bits per heavy atom. The first-order valence-electron chi connectivity index (χ1n) is 9.81. The minimum atomic E-state index is 0.250. The molecule has 0 atom stereocenters. The number of hydrogen-bond donors (Lipinski definition) is 1. The van der Waals surface area contributed by atoms with E-state index in [4.69, 9.17) is 0 Å². The molecule has 4 nitrogen and oxygen atoms in total. The van der Waals surface area contributed by atoms with Crippen LogP contribution in [0.4, 0.5) is 0 Å². The van der Waals surface area contributed by atoms with E-state index < -0.39 is 0 Å². The first-order valence-corrected chi connectivity index (χ1v) is 9.81. The van der Waals surface area contributed by atoms with Gasteiger partial charge in [-0.05, 0) is 65.9 Å². The summed E-state index contributed by atoms with van der Waals surface area (Å²) in [6, 6.07) is 0.250. The van der Waals surface area contributed by atoms with E-state index >= 15 is 0 Å². The number of allylic oxidation sites excluding steroid dienone is 7. The van der Waals surface area contributed by atoms with Crippen LogP contribution in [-0.2, 0) is 0 Å². The number of rotatable bonds is 10. The molecule has 0 saturated heterocycles. The summed E-state index contributed by atoms with van der Waals surface area (Å²) in [6.45, 7) is 9.37.